The standard InChI is InChI=1S/C14H28S/c1-4-7-8-9-10-11-13-14(12-5-2)15-6-3/h4,7,14H,5-6,8-13H2,1-3H3/b7-4+. The van der Waals surface area contributed by atoms with Crippen LogP contribution in [-0.4, -0.2) is 11.0 Å². The van der Waals surface area contributed by atoms with Gasteiger partial charge in [-0.1, -0.05) is 45.3 Å². The number of rotatable bonds is 10. The lowest BCUT2D eigenvalue weighted by atomic mass is 10.1. The largest absolute Gasteiger partial charge is 0.159 e. The van der Waals surface area contributed by atoms with Crippen molar-refractivity contribution in [3.8, 4) is 0 Å². The third-order valence-corrected chi connectivity index (χ3v) is 3.92. The maximum Gasteiger partial charge on any atom is 0.00468 e. The molecule has 0 saturated heterocycles. The zero-order valence-corrected chi connectivity index (χ0v) is 11.6. The number of hydrogen-bond acceptors (Lipinski definition) is 1. The molecule has 1 unspecified atom stereocenters. The minimum atomic E-state index is 0.932. The highest BCUT2D eigenvalue weighted by atomic mass is 32.2. The van der Waals surface area contributed by atoms with E-state index in [2.05, 4.69) is 44.7 Å². The van der Waals surface area contributed by atoms with Gasteiger partial charge < -0.3 is 0 Å². The Balaban J connectivity index is 3.35. The molecule has 0 bridgehead atoms. The van der Waals surface area contributed by atoms with Crippen molar-refractivity contribution in [2.45, 2.75) is 71.0 Å². The lowest BCUT2D eigenvalue weighted by Crippen LogP contribution is -2.02. The van der Waals surface area contributed by atoms with Crippen LogP contribution in [-0.2, 0) is 0 Å². The Labute approximate surface area is 101 Å². The van der Waals surface area contributed by atoms with Gasteiger partial charge in [-0.15, -0.1) is 0 Å². The predicted molar refractivity (Wildman–Crippen MR) is 74.7 cm³/mol. The van der Waals surface area contributed by atoms with Gasteiger partial charge in [0.15, 0.2) is 0 Å². The molecule has 0 aliphatic rings. The van der Waals surface area contributed by atoms with E-state index in [0.29, 0.717) is 0 Å². The van der Waals surface area contributed by atoms with E-state index < -0.39 is 0 Å². The van der Waals surface area contributed by atoms with Gasteiger partial charge in [0, 0.05) is 5.25 Å². The van der Waals surface area contributed by atoms with Crippen molar-refractivity contribution >= 4 is 11.8 Å². The zero-order valence-electron chi connectivity index (χ0n) is 10.8. The third-order valence-electron chi connectivity index (χ3n) is 2.65. The second kappa shape index (κ2) is 12.2. The quantitative estimate of drug-likeness (QED) is 0.354. The third kappa shape index (κ3) is 10.4. The molecule has 0 aromatic rings. The average Bonchev–Trinajstić information content (AvgIpc) is 2.24. The lowest BCUT2D eigenvalue weighted by Gasteiger charge is -2.14. The summed E-state index contributed by atoms with van der Waals surface area (Å²) >= 11 is 2.16. The van der Waals surface area contributed by atoms with Gasteiger partial charge in [-0.25, -0.2) is 0 Å². The summed E-state index contributed by atoms with van der Waals surface area (Å²) in [5.74, 6) is 1.28. The maximum absolute atomic E-state index is 2.30. The average molecular weight is 228 g/mol. The molecular formula is C14H28S. The van der Waals surface area contributed by atoms with Crippen molar-refractivity contribution in [1.29, 1.82) is 0 Å². The monoisotopic (exact) mass is 228 g/mol. The fraction of sp³-hybridized carbons (Fsp3) is 0.857. The lowest BCUT2D eigenvalue weighted by molar-refractivity contribution is 0.603. The van der Waals surface area contributed by atoms with Gasteiger partial charge in [-0.05, 0) is 38.4 Å². The van der Waals surface area contributed by atoms with Crippen LogP contribution in [0.1, 0.15) is 65.7 Å². The summed E-state index contributed by atoms with van der Waals surface area (Å²) in [4.78, 5) is 0. The van der Waals surface area contributed by atoms with Gasteiger partial charge in [0.05, 0.1) is 0 Å². The van der Waals surface area contributed by atoms with Crippen molar-refractivity contribution < 1.29 is 0 Å². The molecule has 0 aromatic heterocycles. The summed E-state index contributed by atoms with van der Waals surface area (Å²) in [5.41, 5.74) is 0. The van der Waals surface area contributed by atoms with E-state index in [4.69, 9.17) is 0 Å². The zero-order chi connectivity index (χ0) is 11.4. The maximum atomic E-state index is 2.30. The van der Waals surface area contributed by atoms with Gasteiger partial charge in [0.25, 0.3) is 0 Å². The highest BCUT2D eigenvalue weighted by Gasteiger charge is 2.05. The minimum Gasteiger partial charge on any atom is -0.159 e. The fourth-order valence-electron chi connectivity index (χ4n) is 1.85. The molecule has 0 nitrogen and oxygen atoms in total. The number of allylic oxidation sites excluding steroid dienone is 2. The first kappa shape index (κ1) is 15.1. The molecule has 0 aromatic carbocycles. The van der Waals surface area contributed by atoms with Gasteiger partial charge >= 0.3 is 0 Å². The van der Waals surface area contributed by atoms with Crippen LogP contribution in [0, 0.1) is 0 Å². The van der Waals surface area contributed by atoms with Crippen LogP contribution in [0.3, 0.4) is 0 Å². The van der Waals surface area contributed by atoms with Crippen molar-refractivity contribution in [2.24, 2.45) is 0 Å². The minimum absolute atomic E-state index is 0.932. The first-order valence-electron chi connectivity index (χ1n) is 6.57. The molecule has 0 aliphatic heterocycles. The summed E-state index contributed by atoms with van der Waals surface area (Å²) < 4.78 is 0. The van der Waals surface area contributed by atoms with E-state index in [-0.39, 0.29) is 0 Å². The van der Waals surface area contributed by atoms with Crippen LogP contribution < -0.4 is 0 Å². The molecule has 0 saturated carbocycles. The van der Waals surface area contributed by atoms with Gasteiger partial charge in [-0.2, -0.15) is 11.8 Å². The van der Waals surface area contributed by atoms with Gasteiger partial charge in [0.2, 0.25) is 0 Å². The second-order valence-corrected chi connectivity index (χ2v) is 5.65. The SMILES string of the molecule is C/C=C/CCCCCC(CCC)SCC. The van der Waals surface area contributed by atoms with E-state index in [9.17, 15) is 0 Å². The molecule has 0 amide bonds. The summed E-state index contributed by atoms with van der Waals surface area (Å²) in [7, 11) is 0. The Kier molecular flexibility index (Phi) is 12.2. The summed E-state index contributed by atoms with van der Waals surface area (Å²) in [5, 5.41) is 0.932. The van der Waals surface area contributed by atoms with E-state index in [1.54, 1.807) is 0 Å². The van der Waals surface area contributed by atoms with Crippen LogP contribution in [0.5, 0.6) is 0 Å². The number of hydrogen-bond donors (Lipinski definition) is 0. The van der Waals surface area contributed by atoms with E-state index in [1.165, 1.54) is 50.7 Å². The van der Waals surface area contributed by atoms with Crippen molar-refractivity contribution in [2.75, 3.05) is 5.75 Å². The Bertz CT molecular complexity index is 134. The first-order valence-corrected chi connectivity index (χ1v) is 7.62. The van der Waals surface area contributed by atoms with Crippen LogP contribution in [0.15, 0.2) is 12.2 Å². The van der Waals surface area contributed by atoms with Gasteiger partial charge in [-0.3, -0.25) is 0 Å². The molecule has 1 heteroatoms. The highest BCUT2D eigenvalue weighted by Crippen LogP contribution is 2.22. The molecule has 0 spiro atoms. The van der Waals surface area contributed by atoms with E-state index in [1.807, 2.05) is 0 Å². The van der Waals surface area contributed by atoms with Crippen LogP contribution in [0.25, 0.3) is 0 Å². The van der Waals surface area contributed by atoms with Crippen molar-refractivity contribution in [1.82, 2.24) is 0 Å². The Morgan fingerprint density at radius 2 is 1.87 bits per heavy atom. The Hall–Kier alpha value is 0.0900. The molecule has 15 heavy (non-hydrogen) atoms. The van der Waals surface area contributed by atoms with E-state index in [0.717, 1.165) is 5.25 Å². The van der Waals surface area contributed by atoms with E-state index >= 15 is 0 Å². The molecule has 0 fully saturated rings. The Morgan fingerprint density at radius 1 is 1.07 bits per heavy atom. The van der Waals surface area contributed by atoms with Crippen LogP contribution >= 0.6 is 11.8 Å². The van der Waals surface area contributed by atoms with Crippen molar-refractivity contribution in [3.63, 3.8) is 0 Å². The normalized spacial score (nSPS) is 13.5. The number of unbranched alkanes of at least 4 members (excludes halogenated alkanes) is 3. The predicted octanol–water partition coefficient (Wildman–Crippen LogP) is 5.43. The van der Waals surface area contributed by atoms with Crippen LogP contribution in [0.2, 0.25) is 0 Å². The van der Waals surface area contributed by atoms with Crippen LogP contribution in [0.4, 0.5) is 0 Å². The molecular weight excluding hydrogens is 200 g/mol. The summed E-state index contributed by atoms with van der Waals surface area (Å²) in [6.07, 6.45) is 14.1. The molecule has 0 rings (SSSR count). The summed E-state index contributed by atoms with van der Waals surface area (Å²) in [6, 6.07) is 0. The van der Waals surface area contributed by atoms with Crippen molar-refractivity contribution in [3.05, 3.63) is 12.2 Å². The first-order chi connectivity index (χ1) is 7.35. The number of thioether (sulfide) groups is 1. The second-order valence-electron chi connectivity index (χ2n) is 4.07. The fourth-order valence-corrected chi connectivity index (χ4v) is 3.05. The molecule has 1 atom stereocenters. The molecule has 0 heterocycles. The summed E-state index contributed by atoms with van der Waals surface area (Å²) in [6.45, 7) is 6.68. The highest BCUT2D eigenvalue weighted by molar-refractivity contribution is 7.99. The smallest absolute Gasteiger partial charge is 0.00468 e. The molecule has 90 valence electrons. The molecule has 0 radical (unpaired) electrons. The Morgan fingerprint density at radius 3 is 2.47 bits per heavy atom. The van der Waals surface area contributed by atoms with Gasteiger partial charge in [0.1, 0.15) is 0 Å². The molecule has 0 N–H and O–H groups in total. The molecule has 0 aliphatic carbocycles. The topological polar surface area (TPSA) is 0 Å².